The predicted molar refractivity (Wildman–Crippen MR) is 85.0 cm³/mol. The number of aliphatic hydroxyl groups excluding tert-OH is 1. The quantitative estimate of drug-likeness (QED) is 0.727. The molecule has 0 unspecified atom stereocenters. The van der Waals surface area contributed by atoms with Gasteiger partial charge in [0.1, 0.15) is 0 Å². The SMILES string of the molecule is C[C@@H]1CCCCN1C[C@@H]1CCCN(CCCCCO)C1. The molecule has 2 fully saturated rings. The molecule has 3 heteroatoms. The van der Waals surface area contributed by atoms with Crippen molar-refractivity contribution in [2.24, 2.45) is 5.92 Å². The van der Waals surface area contributed by atoms with Crippen LogP contribution in [0.15, 0.2) is 0 Å². The van der Waals surface area contributed by atoms with Gasteiger partial charge in [-0.15, -0.1) is 0 Å². The average molecular weight is 282 g/mol. The zero-order valence-corrected chi connectivity index (χ0v) is 13.4. The fraction of sp³-hybridized carbons (Fsp3) is 1.00. The number of nitrogens with zero attached hydrogens (tertiary/aromatic N) is 2. The molecule has 2 rings (SSSR count). The second-order valence-electron chi connectivity index (χ2n) is 6.93. The lowest BCUT2D eigenvalue weighted by molar-refractivity contribution is 0.0931. The van der Waals surface area contributed by atoms with E-state index < -0.39 is 0 Å². The summed E-state index contributed by atoms with van der Waals surface area (Å²) in [6.45, 7) is 9.27. The van der Waals surface area contributed by atoms with Crippen molar-refractivity contribution in [1.29, 1.82) is 0 Å². The van der Waals surface area contributed by atoms with E-state index in [4.69, 9.17) is 5.11 Å². The van der Waals surface area contributed by atoms with Crippen LogP contribution in [0.4, 0.5) is 0 Å². The van der Waals surface area contributed by atoms with Crippen LogP contribution in [0.3, 0.4) is 0 Å². The molecular weight excluding hydrogens is 248 g/mol. The smallest absolute Gasteiger partial charge is 0.0431 e. The summed E-state index contributed by atoms with van der Waals surface area (Å²) in [4.78, 5) is 5.41. The van der Waals surface area contributed by atoms with Gasteiger partial charge in [-0.3, -0.25) is 0 Å². The highest BCUT2D eigenvalue weighted by Gasteiger charge is 2.25. The van der Waals surface area contributed by atoms with Gasteiger partial charge in [0.05, 0.1) is 0 Å². The Balaban J connectivity index is 1.67. The fourth-order valence-electron chi connectivity index (χ4n) is 3.89. The Hall–Kier alpha value is -0.120. The predicted octanol–water partition coefficient (Wildman–Crippen LogP) is 2.74. The number of hydrogen-bond acceptors (Lipinski definition) is 3. The lowest BCUT2D eigenvalue weighted by Crippen LogP contribution is -2.45. The van der Waals surface area contributed by atoms with E-state index in [0.29, 0.717) is 6.61 Å². The maximum Gasteiger partial charge on any atom is 0.0431 e. The van der Waals surface area contributed by atoms with Crippen LogP contribution in [0.25, 0.3) is 0 Å². The van der Waals surface area contributed by atoms with Gasteiger partial charge in [-0.25, -0.2) is 0 Å². The van der Waals surface area contributed by atoms with Gasteiger partial charge in [0.25, 0.3) is 0 Å². The number of piperidine rings is 2. The minimum atomic E-state index is 0.357. The Bertz CT molecular complexity index is 259. The fourth-order valence-corrected chi connectivity index (χ4v) is 3.89. The molecule has 0 amide bonds. The molecule has 2 aliphatic heterocycles. The molecule has 2 heterocycles. The molecular formula is C17H34N2O. The van der Waals surface area contributed by atoms with Crippen LogP contribution in [0.2, 0.25) is 0 Å². The normalized spacial score (nSPS) is 29.7. The van der Waals surface area contributed by atoms with Gasteiger partial charge in [0.15, 0.2) is 0 Å². The molecule has 0 aromatic rings. The van der Waals surface area contributed by atoms with Crippen molar-refractivity contribution in [2.45, 2.75) is 64.3 Å². The van der Waals surface area contributed by atoms with E-state index in [0.717, 1.165) is 18.4 Å². The number of hydrogen-bond donors (Lipinski definition) is 1. The highest BCUT2D eigenvalue weighted by atomic mass is 16.2. The molecule has 0 aromatic carbocycles. The third-order valence-corrected chi connectivity index (χ3v) is 5.17. The summed E-state index contributed by atoms with van der Waals surface area (Å²) in [5, 5.41) is 8.83. The van der Waals surface area contributed by atoms with Crippen LogP contribution in [0, 0.1) is 5.92 Å². The van der Waals surface area contributed by atoms with Gasteiger partial charge in [-0.2, -0.15) is 0 Å². The first-order valence-corrected chi connectivity index (χ1v) is 8.87. The summed E-state index contributed by atoms with van der Waals surface area (Å²) in [5.74, 6) is 0.891. The lowest BCUT2D eigenvalue weighted by atomic mass is 9.94. The van der Waals surface area contributed by atoms with E-state index in [1.807, 2.05) is 0 Å². The zero-order valence-electron chi connectivity index (χ0n) is 13.4. The van der Waals surface area contributed by atoms with Gasteiger partial charge in [-0.1, -0.05) is 6.42 Å². The van der Waals surface area contributed by atoms with Crippen molar-refractivity contribution in [3.8, 4) is 0 Å². The number of unbranched alkanes of at least 4 members (excludes halogenated alkanes) is 2. The Morgan fingerprint density at radius 1 is 1.00 bits per heavy atom. The van der Waals surface area contributed by atoms with Gasteiger partial charge < -0.3 is 14.9 Å². The lowest BCUT2D eigenvalue weighted by Gasteiger charge is -2.39. The number of rotatable bonds is 7. The molecule has 2 saturated heterocycles. The first kappa shape index (κ1) is 16.3. The third kappa shape index (κ3) is 5.34. The summed E-state index contributed by atoms with van der Waals surface area (Å²) in [6.07, 6.45) is 10.5. The molecule has 20 heavy (non-hydrogen) atoms. The summed E-state index contributed by atoms with van der Waals surface area (Å²) < 4.78 is 0. The van der Waals surface area contributed by atoms with Crippen molar-refractivity contribution in [1.82, 2.24) is 9.80 Å². The van der Waals surface area contributed by atoms with Crippen molar-refractivity contribution in [3.05, 3.63) is 0 Å². The van der Waals surface area contributed by atoms with Gasteiger partial charge in [-0.05, 0) is 77.4 Å². The van der Waals surface area contributed by atoms with Crippen LogP contribution >= 0.6 is 0 Å². The van der Waals surface area contributed by atoms with Crippen LogP contribution in [0.1, 0.15) is 58.3 Å². The van der Waals surface area contributed by atoms with Crippen LogP contribution in [-0.4, -0.2) is 60.3 Å². The standard InChI is InChI=1S/C17H34N2O/c1-16-8-3-5-12-19(16)15-17-9-7-11-18(14-17)10-4-2-6-13-20/h16-17,20H,2-15H2,1H3/t16-,17-/m1/s1. The topological polar surface area (TPSA) is 26.7 Å². The zero-order chi connectivity index (χ0) is 14.2. The largest absolute Gasteiger partial charge is 0.396 e. The van der Waals surface area contributed by atoms with Crippen LogP contribution in [0.5, 0.6) is 0 Å². The minimum Gasteiger partial charge on any atom is -0.396 e. The van der Waals surface area contributed by atoms with Crippen molar-refractivity contribution in [3.63, 3.8) is 0 Å². The number of aliphatic hydroxyl groups is 1. The molecule has 0 bridgehead atoms. The highest BCUT2D eigenvalue weighted by Crippen LogP contribution is 2.23. The van der Waals surface area contributed by atoms with E-state index in [1.165, 1.54) is 77.7 Å². The molecule has 0 radical (unpaired) electrons. The van der Waals surface area contributed by atoms with Crippen molar-refractivity contribution < 1.29 is 5.11 Å². The highest BCUT2D eigenvalue weighted by molar-refractivity contribution is 4.80. The summed E-state index contributed by atoms with van der Waals surface area (Å²) >= 11 is 0. The first-order chi connectivity index (χ1) is 9.79. The monoisotopic (exact) mass is 282 g/mol. The molecule has 2 aliphatic rings. The van der Waals surface area contributed by atoms with Gasteiger partial charge in [0, 0.05) is 25.7 Å². The Kier molecular flexibility index (Phi) is 7.32. The van der Waals surface area contributed by atoms with Crippen molar-refractivity contribution in [2.75, 3.05) is 39.3 Å². The van der Waals surface area contributed by atoms with E-state index in [-0.39, 0.29) is 0 Å². The number of likely N-dealkylation sites (tertiary alicyclic amines) is 2. The van der Waals surface area contributed by atoms with E-state index in [9.17, 15) is 0 Å². The summed E-state index contributed by atoms with van der Waals surface area (Å²) in [5.41, 5.74) is 0. The molecule has 0 aromatic heterocycles. The minimum absolute atomic E-state index is 0.357. The van der Waals surface area contributed by atoms with Crippen LogP contribution in [-0.2, 0) is 0 Å². The van der Waals surface area contributed by atoms with Crippen LogP contribution < -0.4 is 0 Å². The molecule has 118 valence electrons. The Morgan fingerprint density at radius 2 is 1.90 bits per heavy atom. The Morgan fingerprint density at radius 3 is 2.70 bits per heavy atom. The molecule has 2 atom stereocenters. The van der Waals surface area contributed by atoms with Gasteiger partial charge >= 0.3 is 0 Å². The Labute approximate surface area is 125 Å². The van der Waals surface area contributed by atoms with Crippen molar-refractivity contribution >= 4 is 0 Å². The summed E-state index contributed by atoms with van der Waals surface area (Å²) in [6, 6.07) is 0.809. The van der Waals surface area contributed by atoms with E-state index >= 15 is 0 Å². The maximum absolute atomic E-state index is 8.83. The molecule has 1 N–H and O–H groups in total. The van der Waals surface area contributed by atoms with Gasteiger partial charge in [0.2, 0.25) is 0 Å². The summed E-state index contributed by atoms with van der Waals surface area (Å²) in [7, 11) is 0. The molecule has 3 nitrogen and oxygen atoms in total. The molecule has 0 aliphatic carbocycles. The molecule has 0 saturated carbocycles. The average Bonchev–Trinajstić information content (AvgIpc) is 2.47. The second kappa shape index (κ2) is 9.01. The first-order valence-electron chi connectivity index (χ1n) is 8.87. The second-order valence-corrected chi connectivity index (χ2v) is 6.93. The molecule has 0 spiro atoms. The van der Waals surface area contributed by atoms with E-state index in [2.05, 4.69) is 16.7 Å². The van der Waals surface area contributed by atoms with E-state index in [1.54, 1.807) is 0 Å². The maximum atomic E-state index is 8.83. The third-order valence-electron chi connectivity index (χ3n) is 5.17.